The Hall–Kier alpha value is -3.80. The highest BCUT2D eigenvalue weighted by Crippen LogP contribution is 2.37. The quantitative estimate of drug-likeness (QED) is 0.506. The molecule has 0 aliphatic heterocycles. The molecule has 0 saturated carbocycles. The first-order chi connectivity index (χ1) is 13.6. The second kappa shape index (κ2) is 7.08. The number of carbonyl (C=O) groups excluding carboxylic acids is 1. The fourth-order valence-electron chi connectivity index (χ4n) is 3.29. The van der Waals surface area contributed by atoms with Gasteiger partial charge in [-0.05, 0) is 37.3 Å². The Kier molecular flexibility index (Phi) is 4.45. The third kappa shape index (κ3) is 3.05. The molecule has 0 saturated heterocycles. The van der Waals surface area contributed by atoms with Gasteiger partial charge in [-0.25, -0.2) is 0 Å². The lowest BCUT2D eigenvalue weighted by Crippen LogP contribution is -2.22. The molecule has 0 aliphatic carbocycles. The molecule has 2 aromatic carbocycles. The van der Waals surface area contributed by atoms with Crippen LogP contribution in [0.25, 0.3) is 22.0 Å². The van der Waals surface area contributed by atoms with Crippen molar-refractivity contribution in [2.24, 2.45) is 0 Å². The number of benzene rings is 2. The van der Waals surface area contributed by atoms with Gasteiger partial charge in [0.15, 0.2) is 0 Å². The van der Waals surface area contributed by atoms with E-state index < -0.39 is 0 Å². The average molecular weight is 373 g/mol. The van der Waals surface area contributed by atoms with Gasteiger partial charge in [0.05, 0.1) is 11.1 Å². The number of pyridine rings is 1. The lowest BCUT2D eigenvalue weighted by Gasteiger charge is -2.11. The predicted molar refractivity (Wildman–Crippen MR) is 109 cm³/mol. The highest BCUT2D eigenvalue weighted by molar-refractivity contribution is 6.02. The van der Waals surface area contributed by atoms with Gasteiger partial charge >= 0.3 is 0 Å². The topological polar surface area (TPSA) is 87.0 Å². The van der Waals surface area contributed by atoms with Crippen LogP contribution in [0.3, 0.4) is 0 Å². The first kappa shape index (κ1) is 17.6. The lowest BCUT2D eigenvalue weighted by atomic mass is 10.1. The highest BCUT2D eigenvalue weighted by Gasteiger charge is 2.18. The van der Waals surface area contributed by atoms with Gasteiger partial charge in [-0.2, -0.15) is 0 Å². The average Bonchev–Trinajstić information content (AvgIpc) is 3.05. The van der Waals surface area contributed by atoms with Crippen molar-refractivity contribution in [3.63, 3.8) is 0 Å². The van der Waals surface area contributed by atoms with E-state index in [1.54, 1.807) is 6.07 Å². The second-order valence-electron chi connectivity index (χ2n) is 6.42. The molecule has 0 radical (unpaired) electrons. The maximum atomic E-state index is 12.6. The van der Waals surface area contributed by atoms with E-state index >= 15 is 0 Å². The molecule has 0 unspecified atom stereocenters. The molecule has 4 rings (SSSR count). The largest absolute Gasteiger partial charge is 0.457 e. The molecule has 28 heavy (non-hydrogen) atoms. The number of carbonyl (C=O) groups is 1. The fourth-order valence-corrected chi connectivity index (χ4v) is 3.29. The molecule has 1 amide bonds. The fraction of sp³-hybridized carbons (Fsp3) is 0.0909. The molecule has 0 bridgehead atoms. The smallest absolute Gasteiger partial charge is 0.267 e. The molecular formula is C22H19N3O3. The summed E-state index contributed by atoms with van der Waals surface area (Å²) in [4.78, 5) is 30.6. The number of fused-ring (bicyclic) bond motifs is 1. The number of amides is 1. The number of ether oxygens (including phenoxy) is 1. The Morgan fingerprint density at radius 1 is 1.00 bits per heavy atom. The Morgan fingerprint density at radius 2 is 1.71 bits per heavy atom. The number of aromatic nitrogens is 2. The van der Waals surface area contributed by atoms with Gasteiger partial charge in [-0.15, -0.1) is 0 Å². The number of aryl methyl sites for hydroxylation is 1. The number of nitrogens with one attached hydrogen (secondary N) is 3. The lowest BCUT2D eigenvalue weighted by molar-refractivity contribution is 0.0958. The molecule has 0 atom stereocenters. The minimum absolute atomic E-state index is 0.210. The third-order valence-electron chi connectivity index (χ3n) is 4.59. The molecule has 6 heteroatoms. The van der Waals surface area contributed by atoms with Crippen LogP contribution in [0.4, 0.5) is 0 Å². The number of hydrogen-bond donors (Lipinski definition) is 3. The zero-order valence-electron chi connectivity index (χ0n) is 15.5. The van der Waals surface area contributed by atoms with Crippen molar-refractivity contribution in [1.29, 1.82) is 0 Å². The van der Waals surface area contributed by atoms with Crippen molar-refractivity contribution in [3.05, 3.63) is 82.4 Å². The van der Waals surface area contributed by atoms with Crippen LogP contribution in [0.1, 0.15) is 16.2 Å². The van der Waals surface area contributed by atoms with E-state index in [4.69, 9.17) is 4.74 Å². The summed E-state index contributed by atoms with van der Waals surface area (Å²) >= 11 is 0. The van der Waals surface area contributed by atoms with Gasteiger partial charge in [-0.1, -0.05) is 30.3 Å². The molecule has 4 aromatic rings. The van der Waals surface area contributed by atoms with E-state index in [1.807, 2.05) is 61.5 Å². The second-order valence-corrected chi connectivity index (χ2v) is 6.42. The summed E-state index contributed by atoms with van der Waals surface area (Å²) < 4.78 is 6.07. The molecule has 0 fully saturated rings. The molecule has 3 N–H and O–H groups in total. The standard InChI is InChI=1S/C22H19N3O3/c1-13-19-16(12-17(21(26)23-2)25-22(19)27)20(24-13)15-10-6-7-11-18(15)28-14-8-4-3-5-9-14/h3-12,24H,1-2H3,(H,23,26)(H,25,27). The minimum Gasteiger partial charge on any atom is -0.457 e. The Bertz CT molecular complexity index is 1220. The summed E-state index contributed by atoms with van der Waals surface area (Å²) in [6.45, 7) is 1.83. The summed E-state index contributed by atoms with van der Waals surface area (Å²) in [5.41, 5.74) is 2.16. The van der Waals surface area contributed by atoms with Crippen LogP contribution in [-0.2, 0) is 0 Å². The van der Waals surface area contributed by atoms with Gasteiger partial charge in [0, 0.05) is 23.7 Å². The van der Waals surface area contributed by atoms with Gasteiger partial charge in [0.2, 0.25) is 0 Å². The van der Waals surface area contributed by atoms with Crippen molar-refractivity contribution in [1.82, 2.24) is 15.3 Å². The molecule has 0 aliphatic rings. The first-order valence-electron chi connectivity index (χ1n) is 8.88. The van der Waals surface area contributed by atoms with Gasteiger partial charge in [0.25, 0.3) is 11.5 Å². The summed E-state index contributed by atoms with van der Waals surface area (Å²) in [6, 6.07) is 18.8. The molecular weight excluding hydrogens is 354 g/mol. The van der Waals surface area contributed by atoms with Crippen LogP contribution in [0, 0.1) is 6.92 Å². The van der Waals surface area contributed by atoms with Crippen molar-refractivity contribution < 1.29 is 9.53 Å². The van der Waals surface area contributed by atoms with Crippen molar-refractivity contribution >= 4 is 16.7 Å². The van der Waals surface area contributed by atoms with Crippen LogP contribution >= 0.6 is 0 Å². The van der Waals surface area contributed by atoms with E-state index in [9.17, 15) is 9.59 Å². The van der Waals surface area contributed by atoms with Gasteiger partial charge < -0.3 is 20.0 Å². The van der Waals surface area contributed by atoms with Crippen LogP contribution in [0.15, 0.2) is 65.5 Å². The molecule has 6 nitrogen and oxygen atoms in total. The van der Waals surface area contributed by atoms with Crippen LogP contribution in [-0.4, -0.2) is 22.9 Å². The van der Waals surface area contributed by atoms with Crippen LogP contribution in [0.2, 0.25) is 0 Å². The Labute approximate surface area is 161 Å². The maximum Gasteiger partial charge on any atom is 0.267 e. The molecule has 0 spiro atoms. The highest BCUT2D eigenvalue weighted by atomic mass is 16.5. The zero-order chi connectivity index (χ0) is 19.7. The number of aromatic amines is 2. The summed E-state index contributed by atoms with van der Waals surface area (Å²) in [5.74, 6) is 1.02. The number of H-pyrrole nitrogens is 2. The summed E-state index contributed by atoms with van der Waals surface area (Å²) in [5, 5.41) is 3.73. The van der Waals surface area contributed by atoms with E-state index in [-0.39, 0.29) is 17.2 Å². The van der Waals surface area contributed by atoms with E-state index in [0.29, 0.717) is 22.3 Å². The first-order valence-corrected chi connectivity index (χ1v) is 8.88. The van der Waals surface area contributed by atoms with Crippen molar-refractivity contribution in [3.8, 4) is 22.8 Å². The summed E-state index contributed by atoms with van der Waals surface area (Å²) in [6.07, 6.45) is 0. The van der Waals surface area contributed by atoms with Crippen LogP contribution < -0.4 is 15.6 Å². The molecule has 2 heterocycles. The monoisotopic (exact) mass is 373 g/mol. The van der Waals surface area contributed by atoms with Crippen molar-refractivity contribution in [2.45, 2.75) is 6.92 Å². The van der Waals surface area contributed by atoms with E-state index in [2.05, 4.69) is 15.3 Å². The zero-order valence-corrected chi connectivity index (χ0v) is 15.5. The minimum atomic E-state index is -0.349. The maximum absolute atomic E-state index is 12.6. The molecule has 2 aromatic heterocycles. The van der Waals surface area contributed by atoms with Crippen LogP contribution in [0.5, 0.6) is 11.5 Å². The number of rotatable bonds is 4. The van der Waals surface area contributed by atoms with E-state index in [1.165, 1.54) is 7.05 Å². The Balaban J connectivity index is 1.92. The SMILES string of the molecule is CNC(=O)c1cc2c(-c3ccccc3Oc3ccccc3)[nH]c(C)c2c(=O)[nH]1. The third-order valence-corrected chi connectivity index (χ3v) is 4.59. The predicted octanol–water partition coefficient (Wildman–Crippen LogP) is 3.98. The van der Waals surface area contributed by atoms with Crippen molar-refractivity contribution in [2.75, 3.05) is 7.05 Å². The van der Waals surface area contributed by atoms with Gasteiger partial charge in [-0.3, -0.25) is 9.59 Å². The van der Waals surface area contributed by atoms with Gasteiger partial charge in [0.1, 0.15) is 17.2 Å². The number of hydrogen-bond acceptors (Lipinski definition) is 3. The summed E-state index contributed by atoms with van der Waals surface area (Å²) in [7, 11) is 1.52. The Morgan fingerprint density at radius 3 is 2.46 bits per heavy atom. The number of para-hydroxylation sites is 2. The normalized spacial score (nSPS) is 10.8. The molecule has 140 valence electrons. The van der Waals surface area contributed by atoms with E-state index in [0.717, 1.165) is 17.0 Å².